The van der Waals surface area contributed by atoms with Crippen molar-refractivity contribution in [2.45, 2.75) is 0 Å². The molecule has 3 heteroatoms. The van der Waals surface area contributed by atoms with Crippen molar-refractivity contribution in [3.05, 3.63) is 145 Å². The van der Waals surface area contributed by atoms with Crippen LogP contribution in [0.2, 0.25) is 0 Å². The first-order valence-electron chi connectivity index (χ1n) is 12.9. The van der Waals surface area contributed by atoms with Crippen molar-refractivity contribution in [3.63, 3.8) is 0 Å². The fourth-order valence-corrected chi connectivity index (χ4v) is 5.41. The molecule has 0 atom stereocenters. The summed E-state index contributed by atoms with van der Waals surface area (Å²) in [4.78, 5) is 4.12. The van der Waals surface area contributed by atoms with E-state index in [1.165, 1.54) is 32.9 Å². The van der Waals surface area contributed by atoms with E-state index in [0.717, 1.165) is 27.9 Å². The van der Waals surface area contributed by atoms with Gasteiger partial charge in [0.05, 0.1) is 11.0 Å². The molecule has 0 spiro atoms. The van der Waals surface area contributed by atoms with Gasteiger partial charge in [0.2, 0.25) is 0 Å². The van der Waals surface area contributed by atoms with Crippen molar-refractivity contribution in [2.24, 2.45) is 0 Å². The number of hydrogen-bond donors (Lipinski definition) is 0. The third-order valence-corrected chi connectivity index (χ3v) is 7.29. The summed E-state index contributed by atoms with van der Waals surface area (Å²) in [6.45, 7) is 0. The van der Waals surface area contributed by atoms with Crippen LogP contribution in [0.5, 0.6) is 0 Å². The number of nitriles is 1. The van der Waals surface area contributed by atoms with Gasteiger partial charge in [0.25, 0.3) is 0 Å². The zero-order valence-corrected chi connectivity index (χ0v) is 21.1. The Morgan fingerprint density at radius 2 is 1.03 bits per heavy atom. The van der Waals surface area contributed by atoms with Crippen LogP contribution in [0.15, 0.2) is 140 Å². The van der Waals surface area contributed by atoms with Gasteiger partial charge >= 0.3 is 0 Å². The first-order valence-corrected chi connectivity index (χ1v) is 12.9. The standard InChI is InChI=1S/C36H23N3/c37-24-31-21-30(18-19-38-31)27-11-7-10-26(20-27)29-15-17-34-33-16-14-28(25-8-3-1-4-9-25)22-35(33)39(36(34)23-29)32-12-5-2-6-13-32/h1-23H. The van der Waals surface area contributed by atoms with E-state index < -0.39 is 0 Å². The van der Waals surface area contributed by atoms with Gasteiger partial charge in [-0.15, -0.1) is 0 Å². The van der Waals surface area contributed by atoms with Crippen LogP contribution < -0.4 is 0 Å². The van der Waals surface area contributed by atoms with Crippen molar-refractivity contribution in [1.29, 1.82) is 5.26 Å². The molecule has 0 radical (unpaired) electrons. The minimum absolute atomic E-state index is 0.418. The summed E-state index contributed by atoms with van der Waals surface area (Å²) in [5, 5.41) is 11.7. The van der Waals surface area contributed by atoms with E-state index in [1.54, 1.807) is 6.20 Å². The summed E-state index contributed by atoms with van der Waals surface area (Å²) < 4.78 is 2.37. The van der Waals surface area contributed by atoms with E-state index in [-0.39, 0.29) is 0 Å². The lowest BCUT2D eigenvalue weighted by atomic mass is 9.98. The lowest BCUT2D eigenvalue weighted by molar-refractivity contribution is 1.18. The fraction of sp³-hybridized carbons (Fsp3) is 0. The molecule has 0 amide bonds. The molecule has 0 unspecified atom stereocenters. The third-order valence-electron chi connectivity index (χ3n) is 7.29. The van der Waals surface area contributed by atoms with Gasteiger partial charge in [-0.2, -0.15) is 5.26 Å². The molecule has 7 aromatic rings. The number of para-hydroxylation sites is 1. The molecule has 0 aliphatic rings. The first kappa shape index (κ1) is 22.7. The predicted molar refractivity (Wildman–Crippen MR) is 160 cm³/mol. The Balaban J connectivity index is 1.43. The highest BCUT2D eigenvalue weighted by Crippen LogP contribution is 2.37. The Labute approximate surface area is 226 Å². The molecule has 2 heterocycles. The minimum atomic E-state index is 0.418. The summed E-state index contributed by atoms with van der Waals surface area (Å²) in [6, 6.07) is 49.0. The quantitative estimate of drug-likeness (QED) is 0.243. The Morgan fingerprint density at radius 3 is 1.67 bits per heavy atom. The average Bonchev–Trinajstić information content (AvgIpc) is 3.35. The minimum Gasteiger partial charge on any atom is -0.309 e. The maximum Gasteiger partial charge on any atom is 0.141 e. The van der Waals surface area contributed by atoms with E-state index in [9.17, 15) is 5.26 Å². The van der Waals surface area contributed by atoms with Crippen molar-refractivity contribution < 1.29 is 0 Å². The van der Waals surface area contributed by atoms with Crippen LogP contribution in [-0.4, -0.2) is 9.55 Å². The molecular weight excluding hydrogens is 474 g/mol. The Hall–Kier alpha value is -5.46. The molecular formula is C36H23N3. The van der Waals surface area contributed by atoms with Crippen LogP contribution in [0.4, 0.5) is 0 Å². The monoisotopic (exact) mass is 497 g/mol. The van der Waals surface area contributed by atoms with Crippen molar-refractivity contribution >= 4 is 21.8 Å². The van der Waals surface area contributed by atoms with Crippen LogP contribution in [0.3, 0.4) is 0 Å². The highest BCUT2D eigenvalue weighted by atomic mass is 15.0. The van der Waals surface area contributed by atoms with Gasteiger partial charge in [0, 0.05) is 22.7 Å². The van der Waals surface area contributed by atoms with E-state index in [0.29, 0.717) is 5.69 Å². The zero-order valence-electron chi connectivity index (χ0n) is 21.1. The van der Waals surface area contributed by atoms with E-state index in [1.807, 2.05) is 12.1 Å². The van der Waals surface area contributed by atoms with Crippen molar-refractivity contribution in [1.82, 2.24) is 9.55 Å². The smallest absolute Gasteiger partial charge is 0.141 e. The highest BCUT2D eigenvalue weighted by molar-refractivity contribution is 6.11. The number of benzene rings is 5. The summed E-state index contributed by atoms with van der Waals surface area (Å²) in [7, 11) is 0. The maximum atomic E-state index is 9.29. The predicted octanol–water partition coefficient (Wildman–Crippen LogP) is 9.05. The second-order valence-corrected chi connectivity index (χ2v) is 9.62. The molecule has 2 aromatic heterocycles. The van der Waals surface area contributed by atoms with E-state index >= 15 is 0 Å². The van der Waals surface area contributed by atoms with Crippen LogP contribution in [0, 0.1) is 11.3 Å². The zero-order chi connectivity index (χ0) is 26.2. The van der Waals surface area contributed by atoms with Gasteiger partial charge in [0.1, 0.15) is 11.8 Å². The topological polar surface area (TPSA) is 41.6 Å². The number of nitrogens with zero attached hydrogens (tertiary/aromatic N) is 3. The molecule has 182 valence electrons. The first-order chi connectivity index (χ1) is 19.3. The van der Waals surface area contributed by atoms with Crippen molar-refractivity contribution in [3.8, 4) is 45.1 Å². The normalized spacial score (nSPS) is 11.1. The van der Waals surface area contributed by atoms with Gasteiger partial charge in [-0.3, -0.25) is 0 Å². The van der Waals surface area contributed by atoms with Gasteiger partial charge in [-0.1, -0.05) is 91.0 Å². The number of hydrogen-bond acceptors (Lipinski definition) is 2. The molecule has 0 aliphatic heterocycles. The van der Waals surface area contributed by atoms with Crippen LogP contribution in [-0.2, 0) is 0 Å². The van der Waals surface area contributed by atoms with Crippen molar-refractivity contribution in [2.75, 3.05) is 0 Å². The SMILES string of the molecule is N#Cc1cc(-c2cccc(-c3ccc4c5ccc(-c6ccccc6)cc5n(-c5ccccc5)c4c3)c2)ccn1. The van der Waals surface area contributed by atoms with Gasteiger partial charge in [0.15, 0.2) is 0 Å². The number of pyridine rings is 1. The molecule has 0 aliphatic carbocycles. The molecule has 0 bridgehead atoms. The van der Waals surface area contributed by atoms with Crippen LogP contribution in [0.25, 0.3) is 60.9 Å². The summed E-state index contributed by atoms with van der Waals surface area (Å²) >= 11 is 0. The fourth-order valence-electron chi connectivity index (χ4n) is 5.41. The summed E-state index contributed by atoms with van der Waals surface area (Å²) in [5.74, 6) is 0. The van der Waals surface area contributed by atoms with E-state index in [4.69, 9.17) is 0 Å². The largest absolute Gasteiger partial charge is 0.309 e. The average molecular weight is 498 g/mol. The summed E-state index contributed by atoms with van der Waals surface area (Å²) in [6.07, 6.45) is 1.69. The van der Waals surface area contributed by atoms with Crippen LogP contribution in [0.1, 0.15) is 5.69 Å². The van der Waals surface area contributed by atoms with Gasteiger partial charge in [-0.25, -0.2) is 4.98 Å². The molecule has 0 fully saturated rings. The summed E-state index contributed by atoms with van der Waals surface area (Å²) in [5.41, 5.74) is 10.6. The Bertz CT molecular complexity index is 2010. The Kier molecular flexibility index (Phi) is 5.50. The molecule has 5 aromatic carbocycles. The lowest BCUT2D eigenvalue weighted by Crippen LogP contribution is -1.94. The third kappa shape index (κ3) is 4.05. The molecule has 7 rings (SSSR count). The molecule has 0 N–H and O–H groups in total. The second kappa shape index (κ2) is 9.45. The number of aromatic nitrogens is 2. The van der Waals surface area contributed by atoms with Gasteiger partial charge < -0.3 is 4.57 Å². The van der Waals surface area contributed by atoms with Gasteiger partial charge in [-0.05, 0) is 75.8 Å². The highest BCUT2D eigenvalue weighted by Gasteiger charge is 2.15. The molecule has 0 saturated carbocycles. The molecule has 39 heavy (non-hydrogen) atoms. The number of fused-ring (bicyclic) bond motifs is 3. The molecule has 3 nitrogen and oxygen atoms in total. The Morgan fingerprint density at radius 1 is 0.487 bits per heavy atom. The van der Waals surface area contributed by atoms with Crippen LogP contribution >= 0.6 is 0 Å². The molecule has 0 saturated heterocycles. The lowest BCUT2D eigenvalue weighted by Gasteiger charge is -2.10. The van der Waals surface area contributed by atoms with E-state index in [2.05, 4.69) is 137 Å². The number of rotatable bonds is 4. The second-order valence-electron chi connectivity index (χ2n) is 9.62. The maximum absolute atomic E-state index is 9.29.